The summed E-state index contributed by atoms with van der Waals surface area (Å²) in [6.07, 6.45) is 7.49. The van der Waals surface area contributed by atoms with Gasteiger partial charge in [-0.2, -0.15) is 0 Å². The van der Waals surface area contributed by atoms with E-state index in [9.17, 15) is 0 Å². The first-order chi connectivity index (χ1) is 26.7. The Morgan fingerprint density at radius 3 is 1.33 bits per heavy atom. The highest BCUT2D eigenvalue weighted by Gasteiger charge is 2.51. The molecule has 1 saturated heterocycles. The molecule has 0 saturated carbocycles. The molecule has 0 atom stereocenters. The highest BCUT2D eigenvalue weighted by atomic mass is 16.7. The largest absolute Gasteiger partial charge is 0.494 e. The molecule has 0 bridgehead atoms. The summed E-state index contributed by atoms with van der Waals surface area (Å²) >= 11 is 0. The minimum absolute atomic E-state index is 0.488. The monoisotopic (exact) mass is 712 g/mol. The molecule has 55 heavy (non-hydrogen) atoms. The predicted molar refractivity (Wildman–Crippen MR) is 225 cm³/mol. The van der Waals surface area contributed by atoms with Crippen LogP contribution in [0.25, 0.3) is 88.1 Å². The summed E-state index contributed by atoms with van der Waals surface area (Å²) in [6, 6.07) is 44.9. The van der Waals surface area contributed by atoms with Crippen LogP contribution < -0.4 is 5.46 Å². The second kappa shape index (κ2) is 12.7. The average Bonchev–Trinajstić information content (AvgIpc) is 3.45. The first-order valence-corrected chi connectivity index (χ1v) is 18.7. The molecule has 1 aliphatic heterocycles. The molecule has 1 fully saturated rings. The zero-order valence-electron chi connectivity index (χ0n) is 31.1. The maximum absolute atomic E-state index is 6.68. The van der Waals surface area contributed by atoms with E-state index in [-0.39, 0.29) is 0 Å². The predicted octanol–water partition coefficient (Wildman–Crippen LogP) is 10.8. The van der Waals surface area contributed by atoms with Crippen molar-refractivity contribution in [1.82, 2.24) is 19.9 Å². The molecule has 264 valence electrons. The molecule has 9 aromatic rings. The van der Waals surface area contributed by atoms with Crippen LogP contribution in [0, 0.1) is 0 Å². The van der Waals surface area contributed by atoms with Crippen molar-refractivity contribution >= 4 is 56.2 Å². The number of benzene rings is 5. The van der Waals surface area contributed by atoms with Gasteiger partial charge in [-0.1, -0.05) is 72.8 Å². The second-order valence-corrected chi connectivity index (χ2v) is 15.4. The summed E-state index contributed by atoms with van der Waals surface area (Å²) in [7, 11) is -0.542. The topological polar surface area (TPSA) is 70.0 Å². The summed E-state index contributed by atoms with van der Waals surface area (Å²) in [5.41, 5.74) is 12.5. The highest BCUT2D eigenvalue weighted by Crippen LogP contribution is 2.41. The van der Waals surface area contributed by atoms with Crippen LogP contribution in [0.15, 0.2) is 152 Å². The van der Waals surface area contributed by atoms with E-state index in [0.717, 1.165) is 93.6 Å². The Morgan fingerprint density at radius 2 is 0.873 bits per heavy atom. The van der Waals surface area contributed by atoms with Crippen molar-refractivity contribution in [3.8, 4) is 44.5 Å². The van der Waals surface area contributed by atoms with Gasteiger partial charge in [-0.15, -0.1) is 0 Å². The summed E-state index contributed by atoms with van der Waals surface area (Å²) in [5.74, 6) is 0. The van der Waals surface area contributed by atoms with Gasteiger partial charge in [0.25, 0.3) is 0 Å². The van der Waals surface area contributed by atoms with Crippen LogP contribution in [0.3, 0.4) is 0 Å². The number of aromatic nitrogens is 4. The molecule has 1 aliphatic rings. The van der Waals surface area contributed by atoms with Crippen molar-refractivity contribution in [2.24, 2.45) is 0 Å². The Kier molecular flexibility index (Phi) is 7.67. The third-order valence-corrected chi connectivity index (χ3v) is 11.4. The minimum atomic E-state index is -0.542. The normalized spacial score (nSPS) is 15.0. The summed E-state index contributed by atoms with van der Waals surface area (Å²) < 4.78 is 13.4. The average molecular weight is 713 g/mol. The van der Waals surface area contributed by atoms with Gasteiger partial charge < -0.3 is 9.31 Å². The van der Waals surface area contributed by atoms with E-state index in [4.69, 9.17) is 19.3 Å². The van der Waals surface area contributed by atoms with Gasteiger partial charge in [0.1, 0.15) is 0 Å². The number of hydrogen-bond donors (Lipinski definition) is 0. The maximum Gasteiger partial charge on any atom is 0.494 e. The fourth-order valence-electron chi connectivity index (χ4n) is 7.84. The van der Waals surface area contributed by atoms with Crippen LogP contribution in [-0.2, 0) is 9.31 Å². The molecule has 4 aromatic heterocycles. The molecule has 0 N–H and O–H groups in total. The minimum Gasteiger partial charge on any atom is -0.399 e. The number of hydrogen-bond acceptors (Lipinski definition) is 6. The molecular weight excluding hydrogens is 675 g/mol. The van der Waals surface area contributed by atoms with Gasteiger partial charge in [0.15, 0.2) is 0 Å². The van der Waals surface area contributed by atoms with Gasteiger partial charge in [-0.3, -0.25) is 19.9 Å². The number of fused-ring (bicyclic) bond motifs is 6. The van der Waals surface area contributed by atoms with E-state index in [1.54, 1.807) is 0 Å². The quantitative estimate of drug-likeness (QED) is 0.131. The molecule has 0 amide bonds. The van der Waals surface area contributed by atoms with Gasteiger partial charge in [-0.05, 0) is 132 Å². The molecule has 0 spiro atoms. The Hall–Kier alpha value is -6.28. The molecule has 5 aromatic carbocycles. The Labute approximate surface area is 320 Å². The molecule has 5 heterocycles. The standard InChI is InChI=1S/C48H37BN4O2/c1-47(2)48(3,4)55-49(54-47)36-24-34(39-15-7-5-13-37(39)30-17-19-41-43(26-30)52-28-32-11-9-21-50-45(32)41)23-35(25-36)40-16-8-6-14-38(40)31-18-20-42-44(27-31)53-29-33-12-10-22-51-46(33)42/h5-29H,1-4H3. The van der Waals surface area contributed by atoms with Crippen molar-refractivity contribution in [2.75, 3.05) is 0 Å². The summed E-state index contributed by atoms with van der Waals surface area (Å²) in [5, 5.41) is 4.13. The first-order valence-electron chi connectivity index (χ1n) is 18.7. The van der Waals surface area contributed by atoms with E-state index in [1.807, 2.05) is 36.9 Å². The third-order valence-electron chi connectivity index (χ3n) is 11.4. The van der Waals surface area contributed by atoms with E-state index >= 15 is 0 Å². The van der Waals surface area contributed by atoms with Gasteiger partial charge >= 0.3 is 7.12 Å². The molecule has 6 nitrogen and oxygen atoms in total. The molecule has 7 heteroatoms. The lowest BCUT2D eigenvalue weighted by Crippen LogP contribution is -2.41. The molecular formula is C48H37BN4O2. The molecule has 10 rings (SSSR count). The zero-order valence-corrected chi connectivity index (χ0v) is 31.1. The Balaban J connectivity index is 1.14. The van der Waals surface area contributed by atoms with Gasteiger partial charge in [-0.25, -0.2) is 0 Å². The SMILES string of the molecule is CC1(C)OB(c2cc(-c3ccccc3-c3ccc4c(c3)ncc3cccnc34)cc(-c3ccccc3-c3ccc4c(c3)ncc3cccnc34)c2)OC1(C)C. The first kappa shape index (κ1) is 33.3. The van der Waals surface area contributed by atoms with Gasteiger partial charge in [0, 0.05) is 46.3 Å². The van der Waals surface area contributed by atoms with Crippen LogP contribution in [0.2, 0.25) is 0 Å². The summed E-state index contributed by atoms with van der Waals surface area (Å²) in [4.78, 5) is 19.0. The van der Waals surface area contributed by atoms with Crippen molar-refractivity contribution in [1.29, 1.82) is 0 Å². The highest BCUT2D eigenvalue weighted by molar-refractivity contribution is 6.62. The Bertz CT molecular complexity index is 2780. The lowest BCUT2D eigenvalue weighted by molar-refractivity contribution is 0.00578. The fraction of sp³-hybridized carbons (Fsp3) is 0.125. The van der Waals surface area contributed by atoms with Crippen molar-refractivity contribution in [2.45, 2.75) is 38.9 Å². The van der Waals surface area contributed by atoms with Crippen LogP contribution in [-0.4, -0.2) is 38.3 Å². The molecule has 0 unspecified atom stereocenters. The second-order valence-electron chi connectivity index (χ2n) is 15.4. The van der Waals surface area contributed by atoms with E-state index in [2.05, 4.69) is 153 Å². The van der Waals surface area contributed by atoms with Crippen molar-refractivity contribution in [3.63, 3.8) is 0 Å². The van der Waals surface area contributed by atoms with Gasteiger partial charge in [0.05, 0.1) is 33.3 Å². The smallest absolute Gasteiger partial charge is 0.399 e. The lowest BCUT2D eigenvalue weighted by Gasteiger charge is -2.32. The van der Waals surface area contributed by atoms with Gasteiger partial charge in [0.2, 0.25) is 0 Å². The van der Waals surface area contributed by atoms with Crippen LogP contribution in [0.5, 0.6) is 0 Å². The third kappa shape index (κ3) is 5.66. The molecule has 0 aliphatic carbocycles. The molecule has 0 radical (unpaired) electrons. The van der Waals surface area contributed by atoms with Crippen molar-refractivity contribution in [3.05, 3.63) is 152 Å². The number of pyridine rings is 4. The van der Waals surface area contributed by atoms with Crippen LogP contribution in [0.1, 0.15) is 27.7 Å². The number of rotatable bonds is 5. The maximum atomic E-state index is 6.68. The Morgan fingerprint density at radius 1 is 0.436 bits per heavy atom. The van der Waals surface area contributed by atoms with E-state index < -0.39 is 18.3 Å². The van der Waals surface area contributed by atoms with Crippen molar-refractivity contribution < 1.29 is 9.31 Å². The van der Waals surface area contributed by atoms with Crippen LogP contribution in [0.4, 0.5) is 0 Å². The fourth-order valence-corrected chi connectivity index (χ4v) is 7.84. The zero-order chi connectivity index (χ0) is 37.3. The van der Waals surface area contributed by atoms with Crippen LogP contribution >= 0.6 is 0 Å². The van der Waals surface area contributed by atoms with E-state index in [1.165, 1.54) is 0 Å². The number of nitrogens with zero attached hydrogens (tertiary/aromatic N) is 4. The van der Waals surface area contributed by atoms with E-state index in [0.29, 0.717) is 0 Å². The summed E-state index contributed by atoms with van der Waals surface area (Å²) in [6.45, 7) is 8.39. The lowest BCUT2D eigenvalue weighted by atomic mass is 9.75.